The van der Waals surface area contributed by atoms with Crippen molar-refractivity contribution in [3.8, 4) is 0 Å². The quantitative estimate of drug-likeness (QED) is 0.357. The molecule has 0 N–H and O–H groups in total. The zero-order valence-corrected chi connectivity index (χ0v) is 11.4. The van der Waals surface area contributed by atoms with Gasteiger partial charge in [-0.25, -0.2) is 0 Å². The Labute approximate surface area is 85.4 Å². The lowest BCUT2D eigenvalue weighted by Crippen LogP contribution is -2.35. The lowest BCUT2D eigenvalue weighted by molar-refractivity contribution is 0.249. The van der Waals surface area contributed by atoms with Gasteiger partial charge >= 0.3 is 8.56 Å². The maximum absolute atomic E-state index is 5.41. The standard InChI is InChI=1S/C9H23O2PSi/c1-5-7-12-8-6-9-13(4,10-2)11-3/h12H,5-9H2,1-4H3. The zero-order chi connectivity index (χ0) is 10.2. The number of rotatable bonds is 8. The van der Waals surface area contributed by atoms with Crippen LogP contribution in [-0.4, -0.2) is 35.1 Å². The van der Waals surface area contributed by atoms with Gasteiger partial charge in [0, 0.05) is 14.2 Å². The average molecular weight is 222 g/mol. The fraction of sp³-hybridized carbons (Fsp3) is 1.00. The van der Waals surface area contributed by atoms with E-state index in [1.165, 1.54) is 25.2 Å². The van der Waals surface area contributed by atoms with Gasteiger partial charge in [-0.2, -0.15) is 0 Å². The normalized spacial score (nSPS) is 12.9. The molecule has 0 aromatic rings. The van der Waals surface area contributed by atoms with Gasteiger partial charge in [0.15, 0.2) is 0 Å². The molecule has 13 heavy (non-hydrogen) atoms. The highest BCUT2D eigenvalue weighted by Crippen LogP contribution is 2.19. The summed E-state index contributed by atoms with van der Waals surface area (Å²) in [5.74, 6) is 0. The van der Waals surface area contributed by atoms with Crippen molar-refractivity contribution in [3.63, 3.8) is 0 Å². The Hall–Kier alpha value is 0.567. The third kappa shape index (κ3) is 6.61. The monoisotopic (exact) mass is 222 g/mol. The molecule has 0 spiro atoms. The van der Waals surface area contributed by atoms with Crippen molar-refractivity contribution < 1.29 is 8.85 Å². The lowest BCUT2D eigenvalue weighted by atomic mass is 10.6. The average Bonchev–Trinajstić information content (AvgIpc) is 2.17. The molecule has 0 amide bonds. The van der Waals surface area contributed by atoms with Crippen molar-refractivity contribution >= 4 is 17.1 Å². The van der Waals surface area contributed by atoms with Crippen molar-refractivity contribution in [2.75, 3.05) is 26.5 Å². The Morgan fingerprint density at radius 3 is 2.23 bits per heavy atom. The van der Waals surface area contributed by atoms with E-state index >= 15 is 0 Å². The Balaban J connectivity index is 3.39. The summed E-state index contributed by atoms with van der Waals surface area (Å²) in [5.41, 5.74) is 0. The Morgan fingerprint density at radius 2 is 1.77 bits per heavy atom. The molecular formula is C9H23O2PSi. The molecule has 0 saturated heterocycles. The highest BCUT2D eigenvalue weighted by molar-refractivity contribution is 7.37. The van der Waals surface area contributed by atoms with Crippen molar-refractivity contribution in [1.82, 2.24) is 0 Å². The summed E-state index contributed by atoms with van der Waals surface area (Å²) in [6, 6.07) is 1.14. The summed E-state index contributed by atoms with van der Waals surface area (Å²) in [5, 5.41) is 0. The fourth-order valence-electron chi connectivity index (χ4n) is 1.12. The minimum atomic E-state index is -1.75. The molecule has 0 aliphatic heterocycles. The molecule has 0 heterocycles. The second-order valence-corrected chi connectivity index (χ2v) is 8.48. The summed E-state index contributed by atoms with van der Waals surface area (Å²) in [6.45, 7) is 4.38. The van der Waals surface area contributed by atoms with E-state index in [1.807, 2.05) is 0 Å². The summed E-state index contributed by atoms with van der Waals surface area (Å²) in [6.07, 6.45) is 5.33. The molecule has 1 atom stereocenters. The van der Waals surface area contributed by atoms with Crippen LogP contribution in [-0.2, 0) is 8.85 Å². The first-order chi connectivity index (χ1) is 6.18. The van der Waals surface area contributed by atoms with E-state index in [2.05, 4.69) is 13.5 Å². The molecule has 0 bridgehead atoms. The van der Waals surface area contributed by atoms with Gasteiger partial charge in [-0.1, -0.05) is 13.3 Å². The fourth-order valence-corrected chi connectivity index (χ4v) is 3.90. The predicted octanol–water partition coefficient (Wildman–Crippen LogP) is 2.83. The largest absolute Gasteiger partial charge is 0.398 e. The van der Waals surface area contributed by atoms with E-state index in [9.17, 15) is 0 Å². The highest BCUT2D eigenvalue weighted by Gasteiger charge is 2.27. The second-order valence-electron chi connectivity index (χ2n) is 3.40. The molecule has 0 aromatic heterocycles. The molecule has 0 radical (unpaired) electrons. The van der Waals surface area contributed by atoms with Crippen LogP contribution in [0.3, 0.4) is 0 Å². The van der Waals surface area contributed by atoms with Crippen LogP contribution in [0.25, 0.3) is 0 Å². The molecular weight excluding hydrogens is 199 g/mol. The Kier molecular flexibility index (Phi) is 8.27. The first-order valence-electron chi connectivity index (χ1n) is 4.99. The van der Waals surface area contributed by atoms with E-state index in [1.54, 1.807) is 14.2 Å². The summed E-state index contributed by atoms with van der Waals surface area (Å²) < 4.78 is 10.8. The minimum absolute atomic E-state index is 1.13. The van der Waals surface area contributed by atoms with Crippen molar-refractivity contribution in [2.45, 2.75) is 32.4 Å². The van der Waals surface area contributed by atoms with E-state index in [0.717, 1.165) is 14.6 Å². The van der Waals surface area contributed by atoms with Gasteiger partial charge in [-0.05, 0) is 31.3 Å². The summed E-state index contributed by atoms with van der Waals surface area (Å²) in [7, 11) is 2.91. The smallest absolute Gasteiger partial charge is 0.334 e. The molecule has 1 unspecified atom stereocenters. The summed E-state index contributed by atoms with van der Waals surface area (Å²) in [4.78, 5) is 0. The van der Waals surface area contributed by atoms with Crippen LogP contribution < -0.4 is 0 Å². The molecule has 2 nitrogen and oxygen atoms in total. The minimum Gasteiger partial charge on any atom is -0.398 e. The van der Waals surface area contributed by atoms with Gasteiger partial charge < -0.3 is 8.85 Å². The zero-order valence-electron chi connectivity index (χ0n) is 9.35. The second kappa shape index (κ2) is 7.92. The van der Waals surface area contributed by atoms with Gasteiger partial charge in [0.05, 0.1) is 0 Å². The van der Waals surface area contributed by atoms with Crippen LogP contribution in [0.1, 0.15) is 19.8 Å². The first-order valence-corrected chi connectivity index (χ1v) is 8.93. The topological polar surface area (TPSA) is 18.5 Å². The van der Waals surface area contributed by atoms with Crippen molar-refractivity contribution in [3.05, 3.63) is 0 Å². The third-order valence-corrected chi connectivity index (χ3v) is 6.82. The van der Waals surface area contributed by atoms with Crippen LogP contribution in [0.15, 0.2) is 0 Å². The van der Waals surface area contributed by atoms with E-state index in [0.29, 0.717) is 0 Å². The van der Waals surface area contributed by atoms with Crippen molar-refractivity contribution in [2.24, 2.45) is 0 Å². The molecule has 80 valence electrons. The number of hydrogen-bond acceptors (Lipinski definition) is 2. The van der Waals surface area contributed by atoms with E-state index < -0.39 is 8.56 Å². The SMILES string of the molecule is CCCPCCC[Si](C)(OC)OC. The van der Waals surface area contributed by atoms with Crippen LogP contribution >= 0.6 is 8.58 Å². The third-order valence-electron chi connectivity index (χ3n) is 2.27. The van der Waals surface area contributed by atoms with Crippen LogP contribution in [0.4, 0.5) is 0 Å². The molecule has 0 saturated carbocycles. The molecule has 0 aliphatic rings. The predicted molar refractivity (Wildman–Crippen MR) is 63.4 cm³/mol. The summed E-state index contributed by atoms with van der Waals surface area (Å²) >= 11 is 0. The highest BCUT2D eigenvalue weighted by atomic mass is 31.1. The maximum Gasteiger partial charge on any atom is 0.334 e. The van der Waals surface area contributed by atoms with Gasteiger partial charge in [-0.15, -0.1) is 8.58 Å². The molecule has 4 heteroatoms. The van der Waals surface area contributed by atoms with Crippen LogP contribution in [0.5, 0.6) is 0 Å². The van der Waals surface area contributed by atoms with Crippen LogP contribution in [0, 0.1) is 0 Å². The maximum atomic E-state index is 5.41. The van der Waals surface area contributed by atoms with E-state index in [4.69, 9.17) is 8.85 Å². The number of hydrogen-bond donors (Lipinski definition) is 0. The Morgan fingerprint density at radius 1 is 1.15 bits per heavy atom. The molecule has 0 fully saturated rings. The van der Waals surface area contributed by atoms with Gasteiger partial charge in [-0.3, -0.25) is 0 Å². The van der Waals surface area contributed by atoms with Crippen LogP contribution in [0.2, 0.25) is 12.6 Å². The van der Waals surface area contributed by atoms with Gasteiger partial charge in [0.25, 0.3) is 0 Å². The molecule has 0 aliphatic carbocycles. The van der Waals surface area contributed by atoms with Crippen molar-refractivity contribution in [1.29, 1.82) is 0 Å². The molecule has 0 aromatic carbocycles. The van der Waals surface area contributed by atoms with Gasteiger partial charge in [0.1, 0.15) is 0 Å². The Bertz CT molecular complexity index is 118. The lowest BCUT2D eigenvalue weighted by Gasteiger charge is -2.22. The van der Waals surface area contributed by atoms with E-state index in [-0.39, 0.29) is 0 Å². The first kappa shape index (κ1) is 13.6. The molecule has 0 rings (SSSR count). The van der Waals surface area contributed by atoms with Gasteiger partial charge in [0.2, 0.25) is 0 Å².